The Labute approximate surface area is 197 Å². The van der Waals surface area contributed by atoms with Crippen LogP contribution in [0, 0.1) is 0 Å². The number of carbonyl (C=O) groups excluding carboxylic acids is 2. The molecule has 0 atom stereocenters. The van der Waals surface area contributed by atoms with Crippen molar-refractivity contribution in [2.75, 3.05) is 44.2 Å². The van der Waals surface area contributed by atoms with E-state index in [1.54, 1.807) is 9.80 Å². The molecule has 0 aromatic heterocycles. The molecule has 2 saturated heterocycles. The quantitative estimate of drug-likeness (QED) is 0.659. The summed E-state index contributed by atoms with van der Waals surface area (Å²) in [6.45, 7) is 15.4. The molecule has 8 heteroatoms. The lowest BCUT2D eigenvalue weighted by Gasteiger charge is -2.37. The summed E-state index contributed by atoms with van der Waals surface area (Å²) < 4.78 is 17.1. The van der Waals surface area contributed by atoms with Crippen molar-refractivity contribution in [3.63, 3.8) is 0 Å². The molecule has 0 saturated carbocycles. The van der Waals surface area contributed by atoms with Gasteiger partial charge in [-0.15, -0.1) is 0 Å². The number of carbonyl (C=O) groups is 2. The zero-order valence-electron chi connectivity index (χ0n) is 20.9. The number of ether oxygens (including phenoxy) is 3. The van der Waals surface area contributed by atoms with Crippen LogP contribution < -0.4 is 9.64 Å². The molecule has 0 spiro atoms. The van der Waals surface area contributed by atoms with Gasteiger partial charge in [0, 0.05) is 57.8 Å². The molecule has 2 amide bonds. The van der Waals surface area contributed by atoms with Gasteiger partial charge < -0.3 is 28.9 Å². The molecule has 1 aromatic carbocycles. The largest absolute Gasteiger partial charge is 0.490 e. The molecule has 8 nitrogen and oxygen atoms in total. The first-order valence-electron chi connectivity index (χ1n) is 11.9. The molecule has 2 aliphatic heterocycles. The van der Waals surface area contributed by atoms with Crippen LogP contribution >= 0.6 is 0 Å². The van der Waals surface area contributed by atoms with E-state index in [1.165, 1.54) is 0 Å². The second kappa shape index (κ2) is 10.1. The lowest BCUT2D eigenvalue weighted by molar-refractivity contribution is 0.0126. The summed E-state index contributed by atoms with van der Waals surface area (Å²) in [5.41, 5.74) is 0.163. The van der Waals surface area contributed by atoms with Crippen LogP contribution in [0.15, 0.2) is 24.3 Å². The molecule has 0 bridgehead atoms. The van der Waals surface area contributed by atoms with Crippen molar-refractivity contribution in [2.45, 2.75) is 71.7 Å². The average molecular weight is 462 g/mol. The van der Waals surface area contributed by atoms with Gasteiger partial charge in [-0.2, -0.15) is 0 Å². The minimum absolute atomic E-state index is 0.0897. The molecule has 33 heavy (non-hydrogen) atoms. The molecule has 2 aliphatic rings. The fraction of sp³-hybridized carbons (Fsp3) is 0.680. The van der Waals surface area contributed by atoms with Crippen molar-refractivity contribution >= 4 is 17.9 Å². The van der Waals surface area contributed by atoms with Crippen molar-refractivity contribution in [2.24, 2.45) is 0 Å². The standard InChI is InChI=1S/C25H39N3O5/c1-24(2,3)32-22(29)27-13-11-21(12-14-27)31-20-9-7-19(8-10-20)26-15-17-28(18-16-26)23(30)33-25(4,5)6/h7-10,21H,11-18H2,1-6H3. The van der Waals surface area contributed by atoms with Gasteiger partial charge in [0.1, 0.15) is 23.1 Å². The highest BCUT2D eigenvalue weighted by Gasteiger charge is 2.28. The van der Waals surface area contributed by atoms with Crippen LogP contribution in [0.1, 0.15) is 54.4 Å². The van der Waals surface area contributed by atoms with Gasteiger partial charge >= 0.3 is 12.2 Å². The van der Waals surface area contributed by atoms with Gasteiger partial charge in [-0.1, -0.05) is 0 Å². The van der Waals surface area contributed by atoms with Gasteiger partial charge in [0.15, 0.2) is 0 Å². The van der Waals surface area contributed by atoms with E-state index in [0.29, 0.717) is 26.2 Å². The summed E-state index contributed by atoms with van der Waals surface area (Å²) in [6.07, 6.45) is 1.16. The summed E-state index contributed by atoms with van der Waals surface area (Å²) in [4.78, 5) is 30.3. The Morgan fingerprint density at radius 1 is 0.727 bits per heavy atom. The third-order valence-electron chi connectivity index (χ3n) is 5.53. The summed E-state index contributed by atoms with van der Waals surface area (Å²) in [5, 5.41) is 0. The Bertz CT molecular complexity index is 797. The summed E-state index contributed by atoms with van der Waals surface area (Å²) in [6, 6.07) is 8.12. The molecule has 184 valence electrons. The smallest absolute Gasteiger partial charge is 0.410 e. The molecule has 0 unspecified atom stereocenters. The number of nitrogens with zero attached hydrogens (tertiary/aromatic N) is 3. The molecular weight excluding hydrogens is 422 g/mol. The Hall–Kier alpha value is -2.64. The molecule has 1 aromatic rings. The van der Waals surface area contributed by atoms with Gasteiger partial charge in [-0.3, -0.25) is 0 Å². The monoisotopic (exact) mass is 461 g/mol. The topological polar surface area (TPSA) is 71.5 Å². The highest BCUT2D eigenvalue weighted by molar-refractivity contribution is 5.69. The fourth-order valence-electron chi connectivity index (χ4n) is 3.88. The fourth-order valence-corrected chi connectivity index (χ4v) is 3.88. The molecule has 0 aliphatic carbocycles. The van der Waals surface area contributed by atoms with E-state index >= 15 is 0 Å². The second-order valence-corrected chi connectivity index (χ2v) is 10.7. The third-order valence-corrected chi connectivity index (χ3v) is 5.53. The number of rotatable bonds is 3. The first-order chi connectivity index (χ1) is 15.4. The Kier molecular flexibility index (Phi) is 7.65. The van der Waals surface area contributed by atoms with Gasteiger partial charge in [-0.25, -0.2) is 9.59 Å². The number of anilines is 1. The van der Waals surface area contributed by atoms with E-state index in [0.717, 1.165) is 37.4 Å². The molecule has 0 radical (unpaired) electrons. The molecular formula is C25H39N3O5. The zero-order valence-corrected chi connectivity index (χ0v) is 20.9. The van der Waals surface area contributed by atoms with Crippen molar-refractivity contribution in [1.29, 1.82) is 0 Å². The van der Waals surface area contributed by atoms with E-state index in [9.17, 15) is 9.59 Å². The first-order valence-corrected chi connectivity index (χ1v) is 11.9. The summed E-state index contributed by atoms with van der Waals surface area (Å²) in [5.74, 6) is 0.835. The van der Waals surface area contributed by atoms with Crippen LogP contribution in [0.4, 0.5) is 15.3 Å². The number of piperazine rings is 1. The van der Waals surface area contributed by atoms with Crippen LogP contribution in [0.25, 0.3) is 0 Å². The van der Waals surface area contributed by atoms with E-state index in [2.05, 4.69) is 17.0 Å². The highest BCUT2D eigenvalue weighted by atomic mass is 16.6. The number of benzene rings is 1. The van der Waals surface area contributed by atoms with Crippen LogP contribution in [0.2, 0.25) is 0 Å². The summed E-state index contributed by atoms with van der Waals surface area (Å²) in [7, 11) is 0. The van der Waals surface area contributed by atoms with Gasteiger partial charge in [0.2, 0.25) is 0 Å². The van der Waals surface area contributed by atoms with Crippen molar-refractivity contribution in [1.82, 2.24) is 9.80 Å². The molecule has 2 fully saturated rings. The maximum absolute atomic E-state index is 12.2. The Morgan fingerprint density at radius 2 is 1.18 bits per heavy atom. The van der Waals surface area contributed by atoms with Crippen LogP contribution in [0.5, 0.6) is 5.75 Å². The second-order valence-electron chi connectivity index (χ2n) is 10.7. The van der Waals surface area contributed by atoms with Crippen molar-refractivity contribution in [3.05, 3.63) is 24.3 Å². The van der Waals surface area contributed by atoms with E-state index in [-0.39, 0.29) is 18.3 Å². The van der Waals surface area contributed by atoms with Gasteiger partial charge in [0.05, 0.1) is 0 Å². The minimum Gasteiger partial charge on any atom is -0.490 e. The van der Waals surface area contributed by atoms with E-state index in [1.807, 2.05) is 53.7 Å². The van der Waals surface area contributed by atoms with Crippen molar-refractivity contribution < 1.29 is 23.8 Å². The molecule has 0 N–H and O–H groups in total. The Morgan fingerprint density at radius 3 is 1.64 bits per heavy atom. The predicted octanol–water partition coefficient (Wildman–Crippen LogP) is 4.52. The number of likely N-dealkylation sites (tertiary alicyclic amines) is 1. The van der Waals surface area contributed by atoms with E-state index < -0.39 is 11.2 Å². The maximum atomic E-state index is 12.2. The van der Waals surface area contributed by atoms with Gasteiger partial charge in [0.25, 0.3) is 0 Å². The van der Waals surface area contributed by atoms with Crippen LogP contribution in [0.3, 0.4) is 0 Å². The Balaban J connectivity index is 1.43. The van der Waals surface area contributed by atoms with Gasteiger partial charge in [-0.05, 0) is 65.8 Å². The summed E-state index contributed by atoms with van der Waals surface area (Å²) >= 11 is 0. The highest BCUT2D eigenvalue weighted by Crippen LogP contribution is 2.25. The number of piperidine rings is 1. The lowest BCUT2D eigenvalue weighted by Crippen LogP contribution is -2.50. The SMILES string of the molecule is CC(C)(C)OC(=O)N1CCC(Oc2ccc(N3CCN(C(=O)OC(C)(C)C)CC3)cc2)CC1. The van der Waals surface area contributed by atoms with E-state index in [4.69, 9.17) is 14.2 Å². The zero-order chi connectivity index (χ0) is 24.2. The first kappa shape index (κ1) is 25.0. The maximum Gasteiger partial charge on any atom is 0.410 e. The number of amides is 2. The average Bonchev–Trinajstić information content (AvgIpc) is 2.72. The molecule has 3 rings (SSSR count). The number of hydrogen-bond acceptors (Lipinski definition) is 6. The third kappa shape index (κ3) is 7.72. The molecule has 2 heterocycles. The van der Waals surface area contributed by atoms with Crippen LogP contribution in [-0.4, -0.2) is 78.6 Å². The minimum atomic E-state index is -0.478. The van der Waals surface area contributed by atoms with Crippen LogP contribution in [-0.2, 0) is 9.47 Å². The lowest BCUT2D eigenvalue weighted by atomic mass is 10.1. The normalized spacial score (nSPS) is 18.2. The number of hydrogen-bond donors (Lipinski definition) is 0. The predicted molar refractivity (Wildman–Crippen MR) is 128 cm³/mol. The van der Waals surface area contributed by atoms with Crippen molar-refractivity contribution in [3.8, 4) is 5.75 Å².